The third kappa shape index (κ3) is 3.55. The number of nitrogens with zero attached hydrogens (tertiary/aromatic N) is 3. The van der Waals surface area contributed by atoms with Gasteiger partial charge < -0.3 is 18.9 Å². The van der Waals surface area contributed by atoms with Gasteiger partial charge in [0.2, 0.25) is 11.5 Å². The molecule has 0 amide bonds. The van der Waals surface area contributed by atoms with Gasteiger partial charge in [0.05, 0.1) is 19.7 Å². The van der Waals surface area contributed by atoms with E-state index in [2.05, 4.69) is 9.97 Å². The Balaban J connectivity index is 1.73. The first-order valence-electron chi connectivity index (χ1n) is 9.90. The lowest BCUT2D eigenvalue weighted by atomic mass is 10.2. The fourth-order valence-corrected chi connectivity index (χ4v) is 3.52. The summed E-state index contributed by atoms with van der Waals surface area (Å²) in [5, 5.41) is 0. The number of carbonyl (C=O) groups excluding carboxylic acids is 2. The zero-order valence-corrected chi connectivity index (χ0v) is 17.6. The van der Waals surface area contributed by atoms with E-state index in [-0.39, 0.29) is 17.2 Å². The Hall–Kier alpha value is -4.66. The smallest absolute Gasteiger partial charge is 0.423 e. The minimum Gasteiger partial charge on any atom is -0.497 e. The van der Waals surface area contributed by atoms with Crippen molar-refractivity contribution < 1.29 is 28.5 Å². The number of hydrogen-bond acceptors (Lipinski definition) is 8. The molecule has 0 N–H and O–H groups in total. The molecular formula is C24H17N3O6. The molecule has 164 valence electrons. The van der Waals surface area contributed by atoms with Crippen molar-refractivity contribution in [1.82, 2.24) is 14.5 Å². The number of pyridine rings is 1. The lowest BCUT2D eigenvalue weighted by Gasteiger charge is -2.10. The summed E-state index contributed by atoms with van der Waals surface area (Å²) in [5.41, 5.74) is 1.77. The maximum Gasteiger partial charge on any atom is 0.423 e. The third-order valence-electron chi connectivity index (χ3n) is 5.04. The van der Waals surface area contributed by atoms with E-state index in [0.717, 1.165) is 11.3 Å². The molecule has 2 aromatic carbocycles. The molecule has 0 saturated heterocycles. The first kappa shape index (κ1) is 20.3. The van der Waals surface area contributed by atoms with Crippen LogP contribution in [-0.2, 0) is 9.59 Å². The van der Waals surface area contributed by atoms with E-state index < -0.39 is 11.9 Å². The summed E-state index contributed by atoms with van der Waals surface area (Å²) < 4.78 is 22.8. The van der Waals surface area contributed by atoms with Gasteiger partial charge in [-0.25, -0.2) is 19.6 Å². The van der Waals surface area contributed by atoms with Crippen LogP contribution in [0.1, 0.15) is 11.4 Å². The van der Waals surface area contributed by atoms with E-state index in [4.69, 9.17) is 18.9 Å². The summed E-state index contributed by atoms with van der Waals surface area (Å²) in [6.07, 6.45) is 5.35. The molecule has 0 spiro atoms. The Morgan fingerprint density at radius 1 is 0.939 bits per heavy atom. The summed E-state index contributed by atoms with van der Waals surface area (Å²) in [5.74, 6) is -0.274. The number of methoxy groups -OCH3 is 2. The fourth-order valence-electron chi connectivity index (χ4n) is 3.52. The fraction of sp³-hybridized carbons (Fsp3) is 0.0833. The van der Waals surface area contributed by atoms with Gasteiger partial charge in [0.25, 0.3) is 0 Å². The van der Waals surface area contributed by atoms with Crippen LogP contribution in [0.5, 0.6) is 23.0 Å². The number of esters is 2. The Kier molecular flexibility index (Phi) is 4.98. The highest BCUT2D eigenvalue weighted by atomic mass is 16.6. The van der Waals surface area contributed by atoms with Crippen LogP contribution in [0.3, 0.4) is 0 Å². The molecule has 33 heavy (non-hydrogen) atoms. The maximum absolute atomic E-state index is 12.1. The quantitative estimate of drug-likeness (QED) is 0.263. The Labute approximate surface area is 187 Å². The molecule has 9 nitrogen and oxygen atoms in total. The van der Waals surface area contributed by atoms with E-state index >= 15 is 0 Å². The van der Waals surface area contributed by atoms with Gasteiger partial charge in [-0.3, -0.25) is 4.57 Å². The standard InChI is InChI=1S/C24H17N3O6/c1-30-15-9-6-14(7-10-15)8-11-19-26-20-16(27(19)18-5-3-4-12-25-18)13-17-21(31-2)22(20)33-24(29)23(28)32-17/h3-13H,1-2H3/b11-8+. The van der Waals surface area contributed by atoms with Gasteiger partial charge in [-0.05, 0) is 35.9 Å². The van der Waals surface area contributed by atoms with Crippen molar-refractivity contribution in [1.29, 1.82) is 0 Å². The predicted octanol–water partition coefficient (Wildman–Crippen LogP) is 3.43. The number of carbonyl (C=O) groups is 2. The molecule has 1 aliphatic heterocycles. The van der Waals surface area contributed by atoms with Crippen LogP contribution in [0.25, 0.3) is 29.0 Å². The average molecular weight is 443 g/mol. The number of aromatic nitrogens is 3. The lowest BCUT2D eigenvalue weighted by Crippen LogP contribution is -2.23. The van der Waals surface area contributed by atoms with Crippen molar-refractivity contribution in [3.8, 4) is 28.8 Å². The van der Waals surface area contributed by atoms with E-state index in [0.29, 0.717) is 22.7 Å². The van der Waals surface area contributed by atoms with Crippen molar-refractivity contribution in [2.75, 3.05) is 14.2 Å². The van der Waals surface area contributed by atoms with Gasteiger partial charge >= 0.3 is 11.9 Å². The summed E-state index contributed by atoms with van der Waals surface area (Å²) in [6.45, 7) is 0. The summed E-state index contributed by atoms with van der Waals surface area (Å²) >= 11 is 0. The second kappa shape index (κ2) is 8.12. The van der Waals surface area contributed by atoms with Gasteiger partial charge in [-0.15, -0.1) is 0 Å². The summed E-state index contributed by atoms with van der Waals surface area (Å²) in [7, 11) is 3.00. The van der Waals surface area contributed by atoms with Gasteiger partial charge in [0.1, 0.15) is 22.9 Å². The molecule has 4 aromatic rings. The molecular weight excluding hydrogens is 426 g/mol. The van der Waals surface area contributed by atoms with Gasteiger partial charge in [0, 0.05) is 12.3 Å². The number of fused-ring (bicyclic) bond motifs is 4. The highest BCUT2D eigenvalue weighted by Crippen LogP contribution is 2.45. The minimum atomic E-state index is -1.15. The van der Waals surface area contributed by atoms with Crippen LogP contribution >= 0.6 is 0 Å². The Bertz CT molecular complexity index is 1410. The number of hydrogen-bond donors (Lipinski definition) is 0. The van der Waals surface area contributed by atoms with Crippen LogP contribution in [0, 0.1) is 0 Å². The normalized spacial score (nSPS) is 13.0. The maximum atomic E-state index is 12.1. The number of rotatable bonds is 5. The Morgan fingerprint density at radius 3 is 2.42 bits per heavy atom. The van der Waals surface area contributed by atoms with Crippen molar-refractivity contribution in [2.45, 2.75) is 0 Å². The summed E-state index contributed by atoms with van der Waals surface area (Å²) in [6, 6.07) is 14.6. The van der Waals surface area contributed by atoms with Crippen molar-refractivity contribution >= 4 is 35.1 Å². The monoisotopic (exact) mass is 443 g/mol. The van der Waals surface area contributed by atoms with Crippen LogP contribution in [0.2, 0.25) is 0 Å². The van der Waals surface area contributed by atoms with Gasteiger partial charge in [-0.1, -0.05) is 24.3 Å². The highest BCUT2D eigenvalue weighted by Gasteiger charge is 2.33. The molecule has 9 heteroatoms. The third-order valence-corrected chi connectivity index (χ3v) is 5.04. The summed E-state index contributed by atoms with van der Waals surface area (Å²) in [4.78, 5) is 33.1. The lowest BCUT2D eigenvalue weighted by molar-refractivity contribution is -0.155. The molecule has 5 rings (SSSR count). The molecule has 1 aliphatic rings. The van der Waals surface area contributed by atoms with Gasteiger partial charge in [0.15, 0.2) is 5.75 Å². The highest BCUT2D eigenvalue weighted by molar-refractivity contribution is 6.32. The molecule has 0 atom stereocenters. The molecule has 3 heterocycles. The largest absolute Gasteiger partial charge is 0.497 e. The predicted molar refractivity (Wildman–Crippen MR) is 119 cm³/mol. The van der Waals surface area contributed by atoms with E-state index in [1.54, 1.807) is 30.0 Å². The van der Waals surface area contributed by atoms with Crippen LogP contribution in [0.4, 0.5) is 0 Å². The van der Waals surface area contributed by atoms with E-state index in [1.165, 1.54) is 7.11 Å². The van der Waals surface area contributed by atoms with Crippen molar-refractivity contribution in [3.63, 3.8) is 0 Å². The van der Waals surface area contributed by atoms with Crippen LogP contribution < -0.4 is 18.9 Å². The Morgan fingerprint density at radius 2 is 1.73 bits per heavy atom. The topological polar surface area (TPSA) is 102 Å². The molecule has 2 aromatic heterocycles. The molecule has 0 aliphatic carbocycles. The minimum absolute atomic E-state index is 0.00892. The molecule has 0 radical (unpaired) electrons. The van der Waals surface area contributed by atoms with Gasteiger partial charge in [-0.2, -0.15) is 0 Å². The number of imidazole rings is 1. The molecule has 0 fully saturated rings. The number of benzene rings is 2. The zero-order chi connectivity index (χ0) is 22.9. The van der Waals surface area contributed by atoms with E-state index in [9.17, 15) is 9.59 Å². The molecule has 0 saturated carbocycles. The average Bonchev–Trinajstić information content (AvgIpc) is 3.17. The first-order chi connectivity index (χ1) is 16.1. The first-order valence-corrected chi connectivity index (χ1v) is 9.90. The van der Waals surface area contributed by atoms with Crippen LogP contribution in [0.15, 0.2) is 54.7 Å². The molecule has 2 bridgehead atoms. The van der Waals surface area contributed by atoms with Crippen molar-refractivity contribution in [3.05, 3.63) is 66.1 Å². The number of ether oxygens (including phenoxy) is 4. The second-order valence-electron chi connectivity index (χ2n) is 6.98. The SMILES string of the molecule is COc1ccc(/C=C/c2nc3c4c(OC)c(cc3n2-c2ccccn2)OC(=O)C(=O)O4)cc1. The van der Waals surface area contributed by atoms with E-state index in [1.807, 2.05) is 48.6 Å². The molecule has 0 unspecified atom stereocenters. The van der Waals surface area contributed by atoms with Crippen molar-refractivity contribution in [2.24, 2.45) is 0 Å². The van der Waals surface area contributed by atoms with Crippen LogP contribution in [-0.4, -0.2) is 40.7 Å². The second-order valence-corrected chi connectivity index (χ2v) is 6.98. The zero-order valence-electron chi connectivity index (χ0n) is 17.6.